The quantitative estimate of drug-likeness (QED) is 0.781. The van der Waals surface area contributed by atoms with E-state index in [0.29, 0.717) is 0 Å². The van der Waals surface area contributed by atoms with E-state index < -0.39 is 21.0 Å². The first-order chi connectivity index (χ1) is 6.35. The Morgan fingerprint density at radius 1 is 1.50 bits per heavy atom. The highest BCUT2D eigenvalue weighted by atomic mass is 79.9. The van der Waals surface area contributed by atoms with Crippen LogP contribution in [0.25, 0.3) is 0 Å². The number of nitrogens with zero attached hydrogens (tertiary/aromatic N) is 1. The molecule has 1 aromatic rings. The lowest BCUT2D eigenvalue weighted by molar-refractivity contribution is 0.568. The van der Waals surface area contributed by atoms with Gasteiger partial charge in [0.05, 0.1) is 14.6 Å². The van der Waals surface area contributed by atoms with Crippen molar-refractivity contribution in [3.63, 3.8) is 0 Å². The van der Waals surface area contributed by atoms with Crippen LogP contribution in [0.3, 0.4) is 0 Å². The van der Waals surface area contributed by atoms with Crippen molar-refractivity contribution in [2.75, 3.05) is 0 Å². The molecule has 0 aliphatic heterocycles. The number of halogens is 2. The third kappa shape index (κ3) is 2.12. The molecule has 0 unspecified atom stereocenters. The minimum atomic E-state index is -3.38. The second kappa shape index (κ2) is 3.94. The lowest BCUT2D eigenvalue weighted by atomic mass is 10.5. The molecule has 78 valence electrons. The first-order valence-electron chi connectivity index (χ1n) is 3.90. The molecule has 0 aliphatic carbocycles. The monoisotopic (exact) mass is 281 g/mol. The average molecular weight is 282 g/mol. The smallest absolute Gasteiger partial charge is 0.226 e. The summed E-state index contributed by atoms with van der Waals surface area (Å²) in [5.74, 6) is -0.715. The van der Waals surface area contributed by atoms with Crippen molar-refractivity contribution in [3.8, 4) is 0 Å². The van der Waals surface area contributed by atoms with Crippen molar-refractivity contribution in [1.29, 1.82) is 0 Å². The van der Waals surface area contributed by atoms with Gasteiger partial charge in [-0.3, -0.25) is 0 Å². The fourth-order valence-corrected chi connectivity index (χ4v) is 2.36. The molecule has 1 rings (SSSR count). The summed E-state index contributed by atoms with van der Waals surface area (Å²) >= 11 is 2.89. The van der Waals surface area contributed by atoms with Gasteiger partial charge in [0.25, 0.3) is 0 Å². The Bertz CT molecular complexity index is 445. The highest BCUT2D eigenvalue weighted by Gasteiger charge is 2.20. The summed E-state index contributed by atoms with van der Waals surface area (Å²) in [6.45, 7) is 3.12. The summed E-state index contributed by atoms with van der Waals surface area (Å²) in [7, 11) is -3.38. The van der Waals surface area contributed by atoms with E-state index in [-0.39, 0.29) is 9.37 Å². The first kappa shape index (κ1) is 11.6. The first-order valence-corrected chi connectivity index (χ1v) is 6.24. The maximum atomic E-state index is 12.7. The number of rotatable bonds is 2. The Morgan fingerprint density at radius 2 is 2.07 bits per heavy atom. The molecule has 0 spiro atoms. The Kier molecular flexibility index (Phi) is 3.26. The molecule has 0 fully saturated rings. The van der Waals surface area contributed by atoms with Crippen LogP contribution >= 0.6 is 15.9 Å². The third-order valence-corrected chi connectivity index (χ3v) is 4.40. The molecule has 14 heavy (non-hydrogen) atoms. The van der Waals surface area contributed by atoms with Crippen molar-refractivity contribution >= 4 is 25.8 Å². The number of hydrogen-bond acceptors (Lipinski definition) is 3. The molecule has 3 nitrogen and oxygen atoms in total. The zero-order valence-corrected chi connectivity index (χ0v) is 10.1. The zero-order valence-electron chi connectivity index (χ0n) is 7.66. The van der Waals surface area contributed by atoms with Gasteiger partial charge in [-0.2, -0.15) is 4.39 Å². The van der Waals surface area contributed by atoms with Crippen molar-refractivity contribution in [2.45, 2.75) is 24.0 Å². The molecule has 0 radical (unpaired) electrons. The summed E-state index contributed by atoms with van der Waals surface area (Å²) in [6.07, 6.45) is 1.02. The van der Waals surface area contributed by atoms with Gasteiger partial charge < -0.3 is 0 Å². The molecule has 1 aromatic heterocycles. The Balaban J connectivity index is 3.29. The summed E-state index contributed by atoms with van der Waals surface area (Å²) < 4.78 is 36.0. The molecule has 0 saturated heterocycles. The Morgan fingerprint density at radius 3 is 2.50 bits per heavy atom. The summed E-state index contributed by atoms with van der Waals surface area (Å²) in [4.78, 5) is 3.36. The Labute approximate surface area is 90.4 Å². The second-order valence-electron chi connectivity index (χ2n) is 3.04. The van der Waals surface area contributed by atoms with E-state index in [1.165, 1.54) is 6.07 Å². The number of hydrogen-bond donors (Lipinski definition) is 0. The van der Waals surface area contributed by atoms with E-state index in [9.17, 15) is 12.8 Å². The van der Waals surface area contributed by atoms with Crippen molar-refractivity contribution in [1.82, 2.24) is 4.98 Å². The van der Waals surface area contributed by atoms with E-state index >= 15 is 0 Å². The van der Waals surface area contributed by atoms with E-state index in [1.807, 2.05) is 0 Å². The van der Waals surface area contributed by atoms with Gasteiger partial charge in [0, 0.05) is 6.20 Å². The van der Waals surface area contributed by atoms with Crippen LogP contribution in [0.4, 0.5) is 4.39 Å². The SMILES string of the molecule is CC(C)S(=O)(=O)c1cnc(F)c(Br)c1. The maximum absolute atomic E-state index is 12.7. The Hall–Kier alpha value is -0.490. The molecule has 0 bridgehead atoms. The molecule has 0 aromatic carbocycles. The van der Waals surface area contributed by atoms with Crippen LogP contribution in [0.5, 0.6) is 0 Å². The maximum Gasteiger partial charge on any atom is 0.227 e. The second-order valence-corrected chi connectivity index (χ2v) is 6.40. The molecule has 0 aliphatic rings. The fourth-order valence-electron chi connectivity index (χ4n) is 0.831. The van der Waals surface area contributed by atoms with Gasteiger partial charge in [0.15, 0.2) is 9.84 Å². The predicted octanol–water partition coefficient (Wildman–Crippen LogP) is 2.17. The summed E-state index contributed by atoms with van der Waals surface area (Å²) in [6, 6.07) is 1.22. The van der Waals surface area contributed by atoms with Gasteiger partial charge in [0.1, 0.15) is 0 Å². The highest BCUT2D eigenvalue weighted by Crippen LogP contribution is 2.20. The lowest BCUT2D eigenvalue weighted by Gasteiger charge is -2.07. The van der Waals surface area contributed by atoms with E-state index in [2.05, 4.69) is 20.9 Å². The van der Waals surface area contributed by atoms with Gasteiger partial charge in [-0.05, 0) is 35.8 Å². The van der Waals surface area contributed by atoms with Gasteiger partial charge >= 0.3 is 0 Å². The van der Waals surface area contributed by atoms with Crippen molar-refractivity contribution in [2.24, 2.45) is 0 Å². The van der Waals surface area contributed by atoms with Crippen LogP contribution in [-0.4, -0.2) is 18.7 Å². The lowest BCUT2D eigenvalue weighted by Crippen LogP contribution is -2.14. The standard InChI is InChI=1S/C8H9BrFNO2S/c1-5(2)14(12,13)6-3-7(9)8(10)11-4-6/h3-5H,1-2H3. The topological polar surface area (TPSA) is 47.0 Å². The van der Waals surface area contributed by atoms with Crippen molar-refractivity contribution < 1.29 is 12.8 Å². The van der Waals surface area contributed by atoms with Gasteiger partial charge in [0.2, 0.25) is 5.95 Å². The minimum Gasteiger partial charge on any atom is -0.226 e. The molecule has 0 atom stereocenters. The molecular formula is C8H9BrFNO2S. The van der Waals surface area contributed by atoms with Crippen LogP contribution in [0.15, 0.2) is 21.6 Å². The van der Waals surface area contributed by atoms with E-state index in [0.717, 1.165) is 6.20 Å². The molecular weight excluding hydrogens is 273 g/mol. The van der Waals surface area contributed by atoms with Crippen LogP contribution in [0.2, 0.25) is 0 Å². The summed E-state index contributed by atoms with van der Waals surface area (Å²) in [5.41, 5.74) is 0. The average Bonchev–Trinajstić information content (AvgIpc) is 2.09. The van der Waals surface area contributed by atoms with Gasteiger partial charge in [-0.25, -0.2) is 13.4 Å². The molecule has 1 heterocycles. The molecule has 0 N–H and O–H groups in total. The minimum absolute atomic E-state index is 0.0285. The van der Waals surface area contributed by atoms with Crippen LogP contribution in [-0.2, 0) is 9.84 Å². The summed E-state index contributed by atoms with van der Waals surface area (Å²) in [5, 5.41) is -0.540. The van der Waals surface area contributed by atoms with Gasteiger partial charge in [-0.1, -0.05) is 0 Å². The van der Waals surface area contributed by atoms with E-state index in [1.54, 1.807) is 13.8 Å². The number of pyridine rings is 1. The number of aromatic nitrogens is 1. The fraction of sp³-hybridized carbons (Fsp3) is 0.375. The van der Waals surface area contributed by atoms with Crippen LogP contribution in [0.1, 0.15) is 13.8 Å². The largest absolute Gasteiger partial charge is 0.227 e. The highest BCUT2D eigenvalue weighted by molar-refractivity contribution is 9.10. The molecule has 0 amide bonds. The van der Waals surface area contributed by atoms with Gasteiger partial charge in [-0.15, -0.1) is 0 Å². The molecule has 6 heteroatoms. The van der Waals surface area contributed by atoms with Crippen LogP contribution in [0, 0.1) is 5.95 Å². The third-order valence-electron chi connectivity index (χ3n) is 1.72. The number of sulfone groups is 1. The predicted molar refractivity (Wildman–Crippen MR) is 54.2 cm³/mol. The normalized spacial score (nSPS) is 12.1. The van der Waals surface area contributed by atoms with E-state index in [4.69, 9.17) is 0 Å². The van der Waals surface area contributed by atoms with Crippen LogP contribution < -0.4 is 0 Å². The zero-order chi connectivity index (χ0) is 10.9. The molecule has 0 saturated carbocycles. The van der Waals surface area contributed by atoms with Crippen molar-refractivity contribution in [3.05, 3.63) is 22.7 Å².